The number of hydrazine groups is 1. The molecule has 3 N–H and O–H groups in total. The van der Waals surface area contributed by atoms with E-state index in [1.165, 1.54) is 0 Å². The Morgan fingerprint density at radius 3 is 2.82 bits per heavy atom. The van der Waals surface area contributed by atoms with Crippen LogP contribution in [-0.2, 0) is 0 Å². The number of rotatable bonds is 4. The highest BCUT2D eigenvalue weighted by Gasteiger charge is 2.16. The predicted molar refractivity (Wildman–Crippen MR) is 74.2 cm³/mol. The summed E-state index contributed by atoms with van der Waals surface area (Å²) >= 11 is 5.17. The molecule has 0 spiro atoms. The number of ether oxygens (including phenoxy) is 1. The zero-order valence-electron chi connectivity index (χ0n) is 9.31. The van der Waals surface area contributed by atoms with Crippen LogP contribution in [0.2, 0.25) is 0 Å². The van der Waals surface area contributed by atoms with Gasteiger partial charge in [-0.05, 0) is 44.6 Å². The highest BCUT2D eigenvalue weighted by molar-refractivity contribution is 9.10. The fourth-order valence-corrected chi connectivity index (χ4v) is 3.24. The molecule has 1 atom stereocenters. The van der Waals surface area contributed by atoms with Gasteiger partial charge in [0.15, 0.2) is 0 Å². The molecular weight excluding hydrogens is 300 g/mol. The number of benzene rings is 1. The van der Waals surface area contributed by atoms with Crippen LogP contribution in [0.5, 0.6) is 5.75 Å². The molecule has 0 aliphatic rings. The molecule has 2 rings (SSSR count). The summed E-state index contributed by atoms with van der Waals surface area (Å²) in [5, 5.41) is 4.12. The normalized spacial score (nSPS) is 12.4. The average molecular weight is 313 g/mol. The van der Waals surface area contributed by atoms with Crippen molar-refractivity contribution in [2.45, 2.75) is 6.04 Å². The Hall–Kier alpha value is -0.880. The lowest BCUT2D eigenvalue weighted by molar-refractivity contribution is 0.413. The van der Waals surface area contributed by atoms with E-state index in [0.29, 0.717) is 0 Å². The van der Waals surface area contributed by atoms with E-state index in [2.05, 4.69) is 26.7 Å². The minimum absolute atomic E-state index is 0.0364. The van der Waals surface area contributed by atoms with Gasteiger partial charge in [-0.2, -0.15) is 11.3 Å². The molecule has 0 amide bonds. The number of hydrogen-bond acceptors (Lipinski definition) is 4. The van der Waals surface area contributed by atoms with Gasteiger partial charge in [0, 0.05) is 9.85 Å². The van der Waals surface area contributed by atoms with Gasteiger partial charge >= 0.3 is 0 Å². The third-order valence-electron chi connectivity index (χ3n) is 2.55. The van der Waals surface area contributed by atoms with E-state index in [1.54, 1.807) is 18.4 Å². The maximum atomic E-state index is 5.65. The molecule has 0 saturated heterocycles. The third-order valence-corrected chi connectivity index (χ3v) is 4.30. The van der Waals surface area contributed by atoms with Crippen LogP contribution in [0.3, 0.4) is 0 Å². The Balaban J connectivity index is 2.38. The first-order chi connectivity index (χ1) is 8.26. The van der Waals surface area contributed by atoms with Crippen LogP contribution in [0, 0.1) is 0 Å². The fraction of sp³-hybridized carbons (Fsp3) is 0.167. The molecule has 1 aromatic carbocycles. The maximum Gasteiger partial charge on any atom is 0.119 e. The van der Waals surface area contributed by atoms with E-state index in [9.17, 15) is 0 Å². The van der Waals surface area contributed by atoms with Crippen LogP contribution in [0.1, 0.15) is 17.2 Å². The van der Waals surface area contributed by atoms with E-state index >= 15 is 0 Å². The summed E-state index contributed by atoms with van der Waals surface area (Å²) in [6.45, 7) is 0. The molecule has 1 heterocycles. The summed E-state index contributed by atoms with van der Waals surface area (Å²) in [6, 6.07) is 7.84. The van der Waals surface area contributed by atoms with Gasteiger partial charge in [-0.1, -0.05) is 12.1 Å². The van der Waals surface area contributed by atoms with Gasteiger partial charge in [0.2, 0.25) is 0 Å². The Morgan fingerprint density at radius 1 is 1.41 bits per heavy atom. The van der Waals surface area contributed by atoms with Crippen LogP contribution in [0.4, 0.5) is 0 Å². The van der Waals surface area contributed by atoms with Crippen LogP contribution >= 0.6 is 27.3 Å². The first-order valence-electron chi connectivity index (χ1n) is 5.08. The van der Waals surface area contributed by atoms with E-state index < -0.39 is 0 Å². The number of halogens is 1. The Bertz CT molecular complexity index is 501. The fourth-order valence-electron chi connectivity index (χ4n) is 1.68. The summed E-state index contributed by atoms with van der Waals surface area (Å²) in [7, 11) is 1.66. The zero-order chi connectivity index (χ0) is 12.3. The summed E-state index contributed by atoms with van der Waals surface area (Å²) in [6.07, 6.45) is 0. The van der Waals surface area contributed by atoms with Crippen LogP contribution in [0.15, 0.2) is 39.5 Å². The molecule has 1 unspecified atom stereocenters. The Kier molecular flexibility index (Phi) is 4.17. The Labute approximate surface area is 113 Å². The summed E-state index contributed by atoms with van der Waals surface area (Å²) in [4.78, 5) is 0. The highest BCUT2D eigenvalue weighted by Crippen LogP contribution is 2.32. The van der Waals surface area contributed by atoms with Gasteiger partial charge < -0.3 is 4.74 Å². The van der Waals surface area contributed by atoms with Gasteiger partial charge in [-0.3, -0.25) is 5.84 Å². The standard InChI is InChI=1S/C12H13BrN2OS/c1-16-9-4-2-3-8(5-9)12(15-14)10-6-17-7-11(10)13/h2-7,12,15H,14H2,1H3. The number of nitrogens with two attached hydrogens (primary N) is 1. The lowest BCUT2D eigenvalue weighted by Crippen LogP contribution is -2.28. The van der Waals surface area contributed by atoms with Gasteiger partial charge in [0.25, 0.3) is 0 Å². The molecule has 0 saturated carbocycles. The molecule has 2 aromatic rings. The topological polar surface area (TPSA) is 47.3 Å². The summed E-state index contributed by atoms with van der Waals surface area (Å²) < 4.78 is 6.28. The monoisotopic (exact) mass is 312 g/mol. The van der Waals surface area contributed by atoms with Crippen molar-refractivity contribution >= 4 is 27.3 Å². The predicted octanol–water partition coefficient (Wildman–Crippen LogP) is 3.07. The van der Waals surface area contributed by atoms with Gasteiger partial charge in [0.05, 0.1) is 13.2 Å². The summed E-state index contributed by atoms with van der Waals surface area (Å²) in [5.41, 5.74) is 5.04. The van der Waals surface area contributed by atoms with Crippen LogP contribution in [0.25, 0.3) is 0 Å². The lowest BCUT2D eigenvalue weighted by Gasteiger charge is -2.16. The quantitative estimate of drug-likeness (QED) is 0.674. The summed E-state index contributed by atoms with van der Waals surface area (Å²) in [5.74, 6) is 6.48. The van der Waals surface area contributed by atoms with Crippen molar-refractivity contribution in [3.8, 4) is 5.75 Å². The second kappa shape index (κ2) is 5.64. The molecule has 1 aromatic heterocycles. The molecule has 0 fully saturated rings. The van der Waals surface area contributed by atoms with E-state index in [1.807, 2.05) is 29.6 Å². The molecule has 3 nitrogen and oxygen atoms in total. The molecule has 0 bridgehead atoms. The average Bonchev–Trinajstić information content (AvgIpc) is 2.77. The van der Waals surface area contributed by atoms with Crippen molar-refractivity contribution in [1.82, 2.24) is 5.43 Å². The zero-order valence-corrected chi connectivity index (χ0v) is 11.7. The minimum Gasteiger partial charge on any atom is -0.497 e. The molecule has 90 valence electrons. The second-order valence-electron chi connectivity index (χ2n) is 3.55. The molecular formula is C12H13BrN2OS. The first-order valence-corrected chi connectivity index (χ1v) is 6.81. The van der Waals surface area contributed by atoms with Gasteiger partial charge in [-0.15, -0.1) is 0 Å². The lowest BCUT2D eigenvalue weighted by atomic mass is 10.0. The number of nitrogens with one attached hydrogen (secondary N) is 1. The third kappa shape index (κ3) is 2.69. The molecule has 0 aliphatic carbocycles. The van der Waals surface area contributed by atoms with E-state index in [-0.39, 0.29) is 6.04 Å². The number of thiophene rings is 1. The molecule has 0 aliphatic heterocycles. The Morgan fingerprint density at radius 2 is 2.24 bits per heavy atom. The number of methoxy groups -OCH3 is 1. The molecule has 17 heavy (non-hydrogen) atoms. The first kappa shape index (κ1) is 12.6. The van der Waals surface area contributed by atoms with Crippen molar-refractivity contribution in [3.63, 3.8) is 0 Å². The smallest absolute Gasteiger partial charge is 0.119 e. The van der Waals surface area contributed by atoms with Crippen molar-refractivity contribution in [1.29, 1.82) is 0 Å². The largest absolute Gasteiger partial charge is 0.497 e. The van der Waals surface area contributed by atoms with E-state index in [0.717, 1.165) is 21.3 Å². The number of hydrogen-bond donors (Lipinski definition) is 2. The molecule has 5 heteroatoms. The SMILES string of the molecule is COc1cccc(C(NN)c2cscc2Br)c1. The van der Waals surface area contributed by atoms with Gasteiger partial charge in [-0.25, -0.2) is 5.43 Å². The molecule has 0 radical (unpaired) electrons. The minimum atomic E-state index is -0.0364. The van der Waals surface area contributed by atoms with Crippen LogP contribution < -0.4 is 16.0 Å². The van der Waals surface area contributed by atoms with Crippen molar-refractivity contribution in [2.75, 3.05) is 7.11 Å². The van der Waals surface area contributed by atoms with E-state index in [4.69, 9.17) is 10.6 Å². The van der Waals surface area contributed by atoms with Crippen molar-refractivity contribution in [3.05, 3.63) is 50.6 Å². The van der Waals surface area contributed by atoms with Crippen molar-refractivity contribution < 1.29 is 4.74 Å². The highest BCUT2D eigenvalue weighted by atomic mass is 79.9. The van der Waals surface area contributed by atoms with Crippen LogP contribution in [-0.4, -0.2) is 7.11 Å². The second-order valence-corrected chi connectivity index (χ2v) is 5.15. The maximum absolute atomic E-state index is 5.65. The van der Waals surface area contributed by atoms with Crippen molar-refractivity contribution in [2.24, 2.45) is 5.84 Å². The van der Waals surface area contributed by atoms with Gasteiger partial charge in [0.1, 0.15) is 5.75 Å².